The van der Waals surface area contributed by atoms with E-state index in [0.29, 0.717) is 5.56 Å². The molecule has 1 heterocycles. The summed E-state index contributed by atoms with van der Waals surface area (Å²) in [6.45, 7) is 1.61. The number of aromatic nitrogens is 1. The maximum atomic E-state index is 13.8. The van der Waals surface area contributed by atoms with Gasteiger partial charge in [0.25, 0.3) is 5.91 Å². The van der Waals surface area contributed by atoms with E-state index in [1.165, 1.54) is 18.2 Å². The zero-order chi connectivity index (χ0) is 14.0. The van der Waals surface area contributed by atoms with Crippen LogP contribution in [-0.4, -0.2) is 10.9 Å². The molecule has 1 aromatic carbocycles. The summed E-state index contributed by atoms with van der Waals surface area (Å²) in [5, 5.41) is 2.60. The van der Waals surface area contributed by atoms with E-state index < -0.39 is 11.7 Å². The first-order chi connectivity index (χ1) is 8.99. The number of hydrogen-bond donors (Lipinski definition) is 1. The molecule has 1 aromatic heterocycles. The van der Waals surface area contributed by atoms with Crippen LogP contribution in [0.1, 0.15) is 15.9 Å². The molecule has 0 unspecified atom stereocenters. The third-order valence-electron chi connectivity index (χ3n) is 2.50. The molecule has 98 valence electrons. The van der Waals surface area contributed by atoms with E-state index >= 15 is 0 Å². The summed E-state index contributed by atoms with van der Waals surface area (Å²) in [6.07, 6.45) is 0. The van der Waals surface area contributed by atoms with Crippen LogP contribution in [0.2, 0.25) is 10.3 Å². The van der Waals surface area contributed by atoms with E-state index in [1.807, 2.05) is 0 Å². The molecular weight excluding hydrogens is 290 g/mol. The van der Waals surface area contributed by atoms with Crippen LogP contribution in [0.5, 0.6) is 0 Å². The Hall–Kier alpha value is -1.65. The predicted octanol–water partition coefficient (Wildman–Crippen LogP) is 4.09. The summed E-state index contributed by atoms with van der Waals surface area (Å²) in [5.74, 6) is -1.02. The number of nitrogens with one attached hydrogen (secondary N) is 1. The molecular formula is C13H9Cl2FN2O. The Morgan fingerprint density at radius 3 is 2.68 bits per heavy atom. The van der Waals surface area contributed by atoms with Crippen LogP contribution < -0.4 is 5.32 Å². The van der Waals surface area contributed by atoms with Crippen LogP contribution in [-0.2, 0) is 0 Å². The number of amides is 1. The number of halogens is 3. The van der Waals surface area contributed by atoms with Gasteiger partial charge in [-0.3, -0.25) is 4.79 Å². The molecule has 0 radical (unpaired) electrons. The molecule has 1 amide bonds. The monoisotopic (exact) mass is 298 g/mol. The van der Waals surface area contributed by atoms with Crippen LogP contribution in [0, 0.1) is 12.7 Å². The second-order valence-electron chi connectivity index (χ2n) is 3.86. The van der Waals surface area contributed by atoms with Crippen molar-refractivity contribution >= 4 is 34.8 Å². The highest BCUT2D eigenvalue weighted by atomic mass is 35.5. The van der Waals surface area contributed by atoms with E-state index in [-0.39, 0.29) is 21.6 Å². The van der Waals surface area contributed by atoms with Crippen molar-refractivity contribution in [3.05, 3.63) is 57.6 Å². The summed E-state index contributed by atoms with van der Waals surface area (Å²) in [6, 6.07) is 7.60. The molecule has 1 N–H and O–H groups in total. The van der Waals surface area contributed by atoms with Gasteiger partial charge in [0.1, 0.15) is 16.1 Å². The maximum Gasteiger partial charge on any atom is 0.258 e. The van der Waals surface area contributed by atoms with Crippen LogP contribution in [0.3, 0.4) is 0 Å². The standard InChI is InChI=1S/C13H9Cl2FN2O/c1-7-3-2-4-9(11(7)16)17-13(19)8-5-6-10(14)18-12(8)15/h2-6H,1H3,(H,17,19). The first-order valence-electron chi connectivity index (χ1n) is 5.37. The number of carbonyl (C=O) groups is 1. The van der Waals surface area contributed by atoms with Crippen molar-refractivity contribution in [1.82, 2.24) is 4.98 Å². The molecule has 6 heteroatoms. The van der Waals surface area contributed by atoms with E-state index in [4.69, 9.17) is 23.2 Å². The molecule has 0 aliphatic rings. The largest absolute Gasteiger partial charge is 0.319 e. The molecule has 0 bridgehead atoms. The number of anilines is 1. The van der Waals surface area contributed by atoms with E-state index in [2.05, 4.69) is 10.3 Å². The molecule has 2 rings (SSSR count). The van der Waals surface area contributed by atoms with Gasteiger partial charge in [0.2, 0.25) is 0 Å². The Morgan fingerprint density at radius 2 is 2.00 bits per heavy atom. The molecule has 0 aliphatic heterocycles. The Balaban J connectivity index is 2.28. The van der Waals surface area contributed by atoms with Crippen molar-refractivity contribution < 1.29 is 9.18 Å². The zero-order valence-electron chi connectivity index (χ0n) is 9.88. The molecule has 0 saturated carbocycles. The van der Waals surface area contributed by atoms with E-state index in [0.717, 1.165) is 0 Å². The van der Waals surface area contributed by atoms with Crippen LogP contribution >= 0.6 is 23.2 Å². The van der Waals surface area contributed by atoms with Crippen LogP contribution in [0.25, 0.3) is 0 Å². The highest BCUT2D eigenvalue weighted by molar-refractivity contribution is 6.35. The van der Waals surface area contributed by atoms with Gasteiger partial charge in [0.15, 0.2) is 0 Å². The van der Waals surface area contributed by atoms with E-state index in [1.54, 1.807) is 19.1 Å². The molecule has 0 atom stereocenters. The smallest absolute Gasteiger partial charge is 0.258 e. The second kappa shape index (κ2) is 5.55. The van der Waals surface area contributed by atoms with Gasteiger partial charge < -0.3 is 5.32 Å². The number of nitrogens with zero attached hydrogens (tertiary/aromatic N) is 1. The quantitative estimate of drug-likeness (QED) is 0.849. The van der Waals surface area contributed by atoms with Crippen LogP contribution in [0.4, 0.5) is 10.1 Å². The second-order valence-corrected chi connectivity index (χ2v) is 4.61. The fourth-order valence-corrected chi connectivity index (χ4v) is 1.95. The lowest BCUT2D eigenvalue weighted by Gasteiger charge is -2.08. The summed E-state index contributed by atoms with van der Waals surface area (Å²) in [5.41, 5.74) is 0.668. The van der Waals surface area contributed by atoms with Gasteiger partial charge in [-0.25, -0.2) is 9.37 Å². The lowest BCUT2D eigenvalue weighted by Crippen LogP contribution is -2.14. The minimum Gasteiger partial charge on any atom is -0.319 e. The summed E-state index contributed by atoms with van der Waals surface area (Å²) in [4.78, 5) is 15.7. The minimum absolute atomic E-state index is 0.0296. The minimum atomic E-state index is -0.543. The normalized spacial score (nSPS) is 10.3. The number of pyridine rings is 1. The van der Waals surface area contributed by atoms with Gasteiger partial charge >= 0.3 is 0 Å². The first kappa shape index (κ1) is 13.8. The first-order valence-corrected chi connectivity index (χ1v) is 6.13. The zero-order valence-corrected chi connectivity index (χ0v) is 11.4. The average Bonchev–Trinajstić information content (AvgIpc) is 2.34. The Bertz CT molecular complexity index is 647. The van der Waals surface area contributed by atoms with Crippen molar-refractivity contribution in [2.24, 2.45) is 0 Å². The lowest BCUT2D eigenvalue weighted by molar-refractivity contribution is 0.102. The molecule has 0 spiro atoms. The summed E-state index contributed by atoms with van der Waals surface area (Å²) < 4.78 is 13.8. The maximum absolute atomic E-state index is 13.8. The van der Waals surface area contributed by atoms with Crippen molar-refractivity contribution in [3.63, 3.8) is 0 Å². The molecule has 0 saturated heterocycles. The topological polar surface area (TPSA) is 42.0 Å². The van der Waals surface area contributed by atoms with E-state index in [9.17, 15) is 9.18 Å². The van der Waals surface area contributed by atoms with Gasteiger partial charge in [-0.1, -0.05) is 35.3 Å². The number of hydrogen-bond acceptors (Lipinski definition) is 2. The van der Waals surface area contributed by atoms with Gasteiger partial charge in [0, 0.05) is 0 Å². The Labute approximate surface area is 119 Å². The molecule has 19 heavy (non-hydrogen) atoms. The highest BCUT2D eigenvalue weighted by Crippen LogP contribution is 2.21. The van der Waals surface area contributed by atoms with Gasteiger partial charge in [-0.05, 0) is 30.7 Å². The number of carbonyl (C=O) groups excluding carboxylic acids is 1. The summed E-state index contributed by atoms with van der Waals surface area (Å²) >= 11 is 11.5. The SMILES string of the molecule is Cc1cccc(NC(=O)c2ccc(Cl)nc2Cl)c1F. The van der Waals surface area contributed by atoms with Gasteiger partial charge in [-0.2, -0.15) is 0 Å². The molecule has 3 nitrogen and oxygen atoms in total. The Kier molecular flexibility index (Phi) is 4.02. The average molecular weight is 299 g/mol. The predicted molar refractivity (Wildman–Crippen MR) is 73.3 cm³/mol. The van der Waals surface area contributed by atoms with Crippen molar-refractivity contribution in [3.8, 4) is 0 Å². The van der Waals surface area contributed by atoms with Gasteiger partial charge in [0.05, 0.1) is 11.3 Å². The highest BCUT2D eigenvalue weighted by Gasteiger charge is 2.14. The molecule has 0 aliphatic carbocycles. The number of aryl methyl sites for hydroxylation is 1. The van der Waals surface area contributed by atoms with Crippen molar-refractivity contribution in [2.75, 3.05) is 5.32 Å². The fraction of sp³-hybridized carbons (Fsp3) is 0.0769. The third-order valence-corrected chi connectivity index (χ3v) is 3.00. The number of benzene rings is 1. The fourth-order valence-electron chi connectivity index (χ4n) is 1.52. The summed E-state index contributed by atoms with van der Waals surface area (Å²) in [7, 11) is 0. The van der Waals surface area contributed by atoms with Crippen molar-refractivity contribution in [2.45, 2.75) is 6.92 Å². The molecule has 0 fully saturated rings. The number of rotatable bonds is 2. The third kappa shape index (κ3) is 3.03. The van der Waals surface area contributed by atoms with Crippen molar-refractivity contribution in [1.29, 1.82) is 0 Å². The van der Waals surface area contributed by atoms with Gasteiger partial charge in [-0.15, -0.1) is 0 Å². The van der Waals surface area contributed by atoms with Crippen LogP contribution in [0.15, 0.2) is 30.3 Å². The lowest BCUT2D eigenvalue weighted by atomic mass is 10.2. The molecule has 2 aromatic rings. The Morgan fingerprint density at radius 1 is 1.26 bits per heavy atom.